The molecule has 0 bridgehead atoms. The average molecular weight is 629 g/mol. The Morgan fingerprint density at radius 2 is 1.71 bits per heavy atom. The first-order valence-electron chi connectivity index (χ1n) is 15.8. The van der Waals surface area contributed by atoms with Gasteiger partial charge in [-0.2, -0.15) is 0 Å². The Morgan fingerprint density at radius 1 is 1.00 bits per heavy atom. The molecule has 0 aromatic heterocycles. The van der Waals surface area contributed by atoms with Gasteiger partial charge in [-0.25, -0.2) is 9.59 Å². The van der Waals surface area contributed by atoms with E-state index in [1.54, 1.807) is 25.7 Å². The number of likely N-dealkylation sites (N-methyl/N-ethyl adjacent to an activating group) is 1. The Morgan fingerprint density at radius 3 is 2.40 bits per heavy atom. The molecule has 3 N–H and O–H groups in total. The van der Waals surface area contributed by atoms with E-state index in [0.29, 0.717) is 38.8 Å². The van der Waals surface area contributed by atoms with Crippen LogP contribution in [0.3, 0.4) is 0 Å². The minimum Gasteiger partial charge on any atom is -0.493 e. The van der Waals surface area contributed by atoms with E-state index >= 15 is 0 Å². The van der Waals surface area contributed by atoms with Crippen molar-refractivity contribution < 1.29 is 33.4 Å². The zero-order valence-corrected chi connectivity index (χ0v) is 27.4. The van der Waals surface area contributed by atoms with Crippen LogP contribution in [-0.4, -0.2) is 107 Å². The fraction of sp³-hybridized carbons (Fsp3) is 0.656. The van der Waals surface area contributed by atoms with Crippen molar-refractivity contribution in [3.8, 4) is 5.75 Å². The Balaban J connectivity index is 1.55. The van der Waals surface area contributed by atoms with Gasteiger partial charge in [0.15, 0.2) is 0 Å². The number of amides is 6. The molecule has 2 saturated heterocycles. The minimum atomic E-state index is -1.13. The number of carbonyl (C=O) groups is 5. The molecule has 0 aliphatic carbocycles. The van der Waals surface area contributed by atoms with Gasteiger partial charge in [-0.15, -0.1) is 0 Å². The van der Waals surface area contributed by atoms with Gasteiger partial charge in [0.05, 0.1) is 19.2 Å². The molecule has 4 rings (SSSR count). The van der Waals surface area contributed by atoms with E-state index in [-0.39, 0.29) is 36.6 Å². The summed E-state index contributed by atoms with van der Waals surface area (Å²) in [6.45, 7) is 11.1. The SMILES string of the molecule is CC(C)NC(=O)N1CC[C@H]2CC[C@@H](C(=O)N[C@@H]3CCOc4ccccc43)N2C(=O)[C@@H](NC(=O)[C@H](C)N(C)C(=O)OC(C)(C)C)C1. The van der Waals surface area contributed by atoms with Crippen molar-refractivity contribution in [3.63, 3.8) is 0 Å². The molecule has 0 saturated carbocycles. The summed E-state index contributed by atoms with van der Waals surface area (Å²) in [5, 5.41) is 8.81. The fourth-order valence-corrected chi connectivity index (χ4v) is 5.98. The highest BCUT2D eigenvalue weighted by atomic mass is 16.6. The predicted octanol–water partition coefficient (Wildman–Crippen LogP) is 2.55. The Bertz CT molecular complexity index is 1280. The van der Waals surface area contributed by atoms with Crippen LogP contribution in [0.4, 0.5) is 9.59 Å². The predicted molar refractivity (Wildman–Crippen MR) is 166 cm³/mol. The van der Waals surface area contributed by atoms with Crippen molar-refractivity contribution >= 4 is 29.8 Å². The van der Waals surface area contributed by atoms with Crippen LogP contribution in [0, 0.1) is 0 Å². The van der Waals surface area contributed by atoms with Crippen molar-refractivity contribution in [3.05, 3.63) is 29.8 Å². The lowest BCUT2D eigenvalue weighted by molar-refractivity contribution is -0.145. The Hall–Kier alpha value is -4.03. The number of urea groups is 1. The molecule has 248 valence electrons. The third-order valence-corrected chi connectivity index (χ3v) is 8.43. The van der Waals surface area contributed by atoms with Gasteiger partial charge in [0.25, 0.3) is 0 Å². The number of hydrogen-bond donors (Lipinski definition) is 3. The molecule has 1 aromatic carbocycles. The van der Waals surface area contributed by atoms with E-state index in [1.165, 1.54) is 18.9 Å². The van der Waals surface area contributed by atoms with Crippen LogP contribution in [0.5, 0.6) is 5.75 Å². The van der Waals surface area contributed by atoms with Gasteiger partial charge >= 0.3 is 12.1 Å². The van der Waals surface area contributed by atoms with Gasteiger partial charge in [-0.3, -0.25) is 19.3 Å². The van der Waals surface area contributed by atoms with Crippen LogP contribution in [-0.2, 0) is 19.1 Å². The van der Waals surface area contributed by atoms with Crippen molar-refractivity contribution in [1.82, 2.24) is 30.7 Å². The second kappa shape index (κ2) is 13.9. The molecule has 45 heavy (non-hydrogen) atoms. The average Bonchev–Trinajstić information content (AvgIpc) is 3.39. The highest BCUT2D eigenvalue weighted by Gasteiger charge is 2.46. The third-order valence-electron chi connectivity index (χ3n) is 8.43. The lowest BCUT2D eigenvalue weighted by atomic mass is 10.00. The summed E-state index contributed by atoms with van der Waals surface area (Å²) in [5.41, 5.74) is 0.139. The zero-order chi connectivity index (χ0) is 33.1. The maximum atomic E-state index is 14.3. The maximum Gasteiger partial charge on any atom is 0.410 e. The van der Waals surface area contributed by atoms with Gasteiger partial charge in [0.1, 0.15) is 29.5 Å². The quantitative estimate of drug-likeness (QED) is 0.438. The standard InChI is InChI=1S/C32H48N6O7/c1-19(2)33-30(42)37-16-14-21-12-13-25(28(40)34-23-15-17-44-26-11-9-8-10-22(23)26)38(21)29(41)24(18-37)35-27(39)20(3)36(7)31(43)45-32(4,5)6/h8-11,19-21,23-25H,12-18H2,1-7H3,(H,33,42)(H,34,40)(H,35,39)/t20-,21+,23+,24-,25-/m0/s1. The van der Waals surface area contributed by atoms with E-state index < -0.39 is 41.6 Å². The summed E-state index contributed by atoms with van der Waals surface area (Å²) in [6, 6.07) is 3.75. The molecule has 6 amide bonds. The van der Waals surface area contributed by atoms with Gasteiger partial charge < -0.3 is 35.2 Å². The number of carbonyl (C=O) groups excluding carboxylic acids is 5. The summed E-state index contributed by atoms with van der Waals surface area (Å²) in [4.78, 5) is 71.6. The van der Waals surface area contributed by atoms with Crippen LogP contribution in [0.2, 0.25) is 0 Å². The molecule has 0 spiro atoms. The fourth-order valence-electron chi connectivity index (χ4n) is 5.98. The minimum absolute atomic E-state index is 0.0864. The molecule has 3 aliphatic heterocycles. The molecule has 13 heteroatoms. The second-order valence-corrected chi connectivity index (χ2v) is 13.4. The first-order chi connectivity index (χ1) is 21.2. The van der Waals surface area contributed by atoms with E-state index in [0.717, 1.165) is 16.2 Å². The lowest BCUT2D eigenvalue weighted by Crippen LogP contribution is -2.63. The summed E-state index contributed by atoms with van der Waals surface area (Å²) in [5.74, 6) is -0.547. The first-order valence-corrected chi connectivity index (χ1v) is 15.8. The van der Waals surface area contributed by atoms with E-state index in [1.807, 2.05) is 38.1 Å². The van der Waals surface area contributed by atoms with Crippen molar-refractivity contribution in [2.24, 2.45) is 0 Å². The number of nitrogens with zero attached hydrogens (tertiary/aromatic N) is 3. The molecule has 0 radical (unpaired) electrons. The van der Waals surface area contributed by atoms with Crippen LogP contribution in [0.25, 0.3) is 0 Å². The maximum absolute atomic E-state index is 14.3. The van der Waals surface area contributed by atoms with Crippen LogP contribution < -0.4 is 20.7 Å². The van der Waals surface area contributed by atoms with Gasteiger partial charge in [0, 0.05) is 37.7 Å². The van der Waals surface area contributed by atoms with Crippen molar-refractivity contribution in [2.75, 3.05) is 26.7 Å². The topological polar surface area (TPSA) is 150 Å². The smallest absolute Gasteiger partial charge is 0.410 e. The molecular weight excluding hydrogens is 580 g/mol. The van der Waals surface area contributed by atoms with Crippen LogP contribution in [0.1, 0.15) is 78.8 Å². The number of fused-ring (bicyclic) bond motifs is 2. The highest BCUT2D eigenvalue weighted by molar-refractivity contribution is 5.95. The van der Waals surface area contributed by atoms with Crippen molar-refractivity contribution in [2.45, 2.75) is 109 Å². The first kappa shape index (κ1) is 33.9. The van der Waals surface area contributed by atoms with Gasteiger partial charge in [-0.1, -0.05) is 18.2 Å². The van der Waals surface area contributed by atoms with Gasteiger partial charge in [0.2, 0.25) is 17.7 Å². The Kier molecular flexibility index (Phi) is 10.5. The van der Waals surface area contributed by atoms with Crippen LogP contribution in [0.15, 0.2) is 24.3 Å². The molecule has 0 unspecified atom stereocenters. The molecule has 2 fully saturated rings. The number of ether oxygens (including phenoxy) is 2. The monoisotopic (exact) mass is 628 g/mol. The molecule has 3 heterocycles. The molecular formula is C32H48N6O7. The Labute approximate surface area is 265 Å². The van der Waals surface area contributed by atoms with E-state index in [9.17, 15) is 24.0 Å². The van der Waals surface area contributed by atoms with Gasteiger partial charge in [-0.05, 0) is 66.9 Å². The second-order valence-electron chi connectivity index (χ2n) is 13.4. The molecule has 3 aliphatic rings. The zero-order valence-electron chi connectivity index (χ0n) is 27.4. The van der Waals surface area contributed by atoms with Crippen LogP contribution >= 0.6 is 0 Å². The highest BCUT2D eigenvalue weighted by Crippen LogP contribution is 2.34. The largest absolute Gasteiger partial charge is 0.493 e. The number of para-hydroxylation sites is 1. The van der Waals surface area contributed by atoms with Crippen molar-refractivity contribution in [1.29, 1.82) is 0 Å². The van der Waals surface area contributed by atoms with E-state index in [2.05, 4.69) is 16.0 Å². The number of nitrogens with one attached hydrogen (secondary N) is 3. The summed E-state index contributed by atoms with van der Waals surface area (Å²) in [6.07, 6.45) is 1.47. The van der Waals surface area contributed by atoms with E-state index in [4.69, 9.17) is 9.47 Å². The number of benzene rings is 1. The number of hydrogen-bond acceptors (Lipinski definition) is 7. The molecule has 1 aromatic rings. The molecule has 5 atom stereocenters. The number of rotatable bonds is 6. The summed E-state index contributed by atoms with van der Waals surface area (Å²) < 4.78 is 11.2. The summed E-state index contributed by atoms with van der Waals surface area (Å²) >= 11 is 0. The normalized spacial score (nSPS) is 23.9. The molecule has 13 nitrogen and oxygen atoms in total. The lowest BCUT2D eigenvalue weighted by Gasteiger charge is -2.39. The third kappa shape index (κ3) is 8.17. The summed E-state index contributed by atoms with van der Waals surface area (Å²) in [7, 11) is 1.45.